The second kappa shape index (κ2) is 3.29. The number of aryl methyl sites for hydroxylation is 1. The van der Waals surface area contributed by atoms with Gasteiger partial charge >= 0.3 is 0 Å². The van der Waals surface area contributed by atoms with E-state index in [2.05, 4.69) is 15.0 Å². The average molecular weight is 232 g/mol. The highest BCUT2D eigenvalue weighted by Crippen LogP contribution is 2.24. The molecule has 2 heterocycles. The highest BCUT2D eigenvalue weighted by atomic mass is 35.5. The number of fused-ring (bicyclic) bond motifs is 1. The molecular formula is C8H4Cl2FN3. The van der Waals surface area contributed by atoms with Gasteiger partial charge in [0.15, 0.2) is 5.82 Å². The van der Waals surface area contributed by atoms with Gasteiger partial charge in [0.2, 0.25) is 5.28 Å². The third-order valence-corrected chi connectivity index (χ3v) is 2.24. The van der Waals surface area contributed by atoms with Crippen molar-refractivity contribution < 1.29 is 4.39 Å². The van der Waals surface area contributed by atoms with Gasteiger partial charge in [-0.3, -0.25) is 4.98 Å². The Hall–Kier alpha value is -1.00. The van der Waals surface area contributed by atoms with Crippen molar-refractivity contribution in [3.8, 4) is 0 Å². The molecule has 0 spiro atoms. The first-order valence-electron chi connectivity index (χ1n) is 3.73. The number of rotatable bonds is 0. The Morgan fingerprint density at radius 3 is 2.71 bits per heavy atom. The molecule has 0 unspecified atom stereocenters. The first kappa shape index (κ1) is 9.55. The molecule has 0 aliphatic carbocycles. The Bertz CT molecular complexity index is 515. The number of aromatic nitrogens is 3. The Labute approximate surface area is 88.9 Å². The minimum atomic E-state index is -0.520. The van der Waals surface area contributed by atoms with Crippen molar-refractivity contribution in [1.29, 1.82) is 0 Å². The van der Waals surface area contributed by atoms with Gasteiger partial charge in [-0.1, -0.05) is 11.6 Å². The monoisotopic (exact) mass is 231 g/mol. The highest BCUT2D eigenvalue weighted by molar-refractivity contribution is 6.35. The molecular weight excluding hydrogens is 228 g/mol. The van der Waals surface area contributed by atoms with Crippen LogP contribution >= 0.6 is 23.2 Å². The standard InChI is InChI=1S/C8H4Cl2FN3/c1-3-5(11)6-4(2-12-3)7(9)14-8(10)13-6/h2H,1H3. The van der Waals surface area contributed by atoms with Crippen LogP contribution in [0.2, 0.25) is 10.4 Å². The van der Waals surface area contributed by atoms with Crippen LogP contribution in [0.1, 0.15) is 5.69 Å². The van der Waals surface area contributed by atoms with Gasteiger partial charge in [0.1, 0.15) is 10.7 Å². The first-order chi connectivity index (χ1) is 6.59. The minimum absolute atomic E-state index is 0.0769. The van der Waals surface area contributed by atoms with E-state index in [-0.39, 0.29) is 21.6 Å². The second-order valence-electron chi connectivity index (χ2n) is 2.70. The number of pyridine rings is 1. The zero-order chi connectivity index (χ0) is 10.3. The fourth-order valence-corrected chi connectivity index (χ4v) is 1.52. The fourth-order valence-electron chi connectivity index (χ4n) is 1.09. The van der Waals surface area contributed by atoms with Crippen LogP contribution < -0.4 is 0 Å². The normalized spacial score (nSPS) is 10.9. The van der Waals surface area contributed by atoms with Crippen molar-refractivity contribution in [2.75, 3.05) is 0 Å². The van der Waals surface area contributed by atoms with Crippen LogP contribution in [-0.2, 0) is 0 Å². The van der Waals surface area contributed by atoms with Crippen molar-refractivity contribution in [1.82, 2.24) is 15.0 Å². The van der Waals surface area contributed by atoms with E-state index in [1.54, 1.807) is 6.92 Å². The van der Waals surface area contributed by atoms with Crippen molar-refractivity contribution in [3.05, 3.63) is 28.1 Å². The minimum Gasteiger partial charge on any atom is -0.258 e. The van der Waals surface area contributed by atoms with Crippen LogP contribution in [0.25, 0.3) is 10.9 Å². The lowest BCUT2D eigenvalue weighted by Crippen LogP contribution is -1.95. The molecule has 0 radical (unpaired) electrons. The maximum absolute atomic E-state index is 13.5. The van der Waals surface area contributed by atoms with Crippen LogP contribution in [-0.4, -0.2) is 15.0 Å². The van der Waals surface area contributed by atoms with Gasteiger partial charge in [-0.05, 0) is 18.5 Å². The molecule has 0 aliphatic rings. The van der Waals surface area contributed by atoms with Gasteiger partial charge in [0, 0.05) is 6.20 Å². The molecule has 72 valence electrons. The summed E-state index contributed by atoms with van der Waals surface area (Å²) < 4.78 is 13.5. The van der Waals surface area contributed by atoms with Crippen molar-refractivity contribution >= 4 is 34.1 Å². The molecule has 0 atom stereocenters. The fraction of sp³-hybridized carbons (Fsp3) is 0.125. The van der Waals surface area contributed by atoms with Crippen molar-refractivity contribution in [3.63, 3.8) is 0 Å². The zero-order valence-electron chi connectivity index (χ0n) is 7.05. The molecule has 0 fully saturated rings. The SMILES string of the molecule is Cc1ncc2c(Cl)nc(Cl)nc2c1F. The van der Waals surface area contributed by atoms with Gasteiger partial charge in [-0.2, -0.15) is 0 Å². The van der Waals surface area contributed by atoms with E-state index in [1.807, 2.05) is 0 Å². The first-order valence-corrected chi connectivity index (χ1v) is 4.49. The summed E-state index contributed by atoms with van der Waals surface area (Å²) in [6, 6.07) is 0. The lowest BCUT2D eigenvalue weighted by molar-refractivity contribution is 0.619. The van der Waals surface area contributed by atoms with Gasteiger partial charge in [-0.25, -0.2) is 14.4 Å². The van der Waals surface area contributed by atoms with Crippen molar-refractivity contribution in [2.45, 2.75) is 6.92 Å². The van der Waals surface area contributed by atoms with Crippen LogP contribution in [0.5, 0.6) is 0 Å². The molecule has 6 heteroatoms. The Balaban J connectivity index is 2.95. The van der Waals surface area contributed by atoms with E-state index in [1.165, 1.54) is 6.20 Å². The van der Waals surface area contributed by atoms with E-state index in [0.29, 0.717) is 5.39 Å². The van der Waals surface area contributed by atoms with Gasteiger partial charge in [-0.15, -0.1) is 0 Å². The second-order valence-corrected chi connectivity index (χ2v) is 3.40. The molecule has 14 heavy (non-hydrogen) atoms. The number of hydrogen-bond donors (Lipinski definition) is 0. The Morgan fingerprint density at radius 2 is 2.00 bits per heavy atom. The molecule has 0 aromatic carbocycles. The molecule has 0 aliphatic heterocycles. The lowest BCUT2D eigenvalue weighted by atomic mass is 10.2. The Morgan fingerprint density at radius 1 is 1.29 bits per heavy atom. The molecule has 0 N–H and O–H groups in total. The predicted molar refractivity (Wildman–Crippen MR) is 52.0 cm³/mol. The van der Waals surface area contributed by atoms with E-state index in [4.69, 9.17) is 23.2 Å². The van der Waals surface area contributed by atoms with Crippen LogP contribution in [0, 0.1) is 12.7 Å². The van der Waals surface area contributed by atoms with Crippen LogP contribution in [0.3, 0.4) is 0 Å². The molecule has 0 saturated heterocycles. The number of halogens is 3. The van der Waals surface area contributed by atoms with E-state index in [9.17, 15) is 4.39 Å². The largest absolute Gasteiger partial charge is 0.258 e. The molecule has 0 bridgehead atoms. The van der Waals surface area contributed by atoms with Crippen molar-refractivity contribution in [2.24, 2.45) is 0 Å². The highest BCUT2D eigenvalue weighted by Gasteiger charge is 2.11. The van der Waals surface area contributed by atoms with Gasteiger partial charge in [0.25, 0.3) is 0 Å². The predicted octanol–water partition coefficient (Wildman–Crippen LogP) is 2.78. The summed E-state index contributed by atoms with van der Waals surface area (Å²) in [6.45, 7) is 1.54. The van der Waals surface area contributed by atoms with E-state index >= 15 is 0 Å². The maximum atomic E-state index is 13.5. The van der Waals surface area contributed by atoms with Gasteiger partial charge in [0.05, 0.1) is 11.1 Å². The summed E-state index contributed by atoms with van der Waals surface area (Å²) in [4.78, 5) is 11.3. The quantitative estimate of drug-likeness (QED) is 0.517. The molecule has 0 amide bonds. The smallest absolute Gasteiger partial charge is 0.224 e. The van der Waals surface area contributed by atoms with Gasteiger partial charge < -0.3 is 0 Å². The molecule has 2 aromatic rings. The zero-order valence-corrected chi connectivity index (χ0v) is 8.56. The number of nitrogens with zero attached hydrogens (tertiary/aromatic N) is 3. The molecule has 0 saturated carbocycles. The number of hydrogen-bond acceptors (Lipinski definition) is 3. The van der Waals surface area contributed by atoms with E-state index in [0.717, 1.165) is 0 Å². The third-order valence-electron chi connectivity index (χ3n) is 1.78. The lowest BCUT2D eigenvalue weighted by Gasteiger charge is -2.02. The van der Waals surface area contributed by atoms with Crippen LogP contribution in [0.15, 0.2) is 6.20 Å². The topological polar surface area (TPSA) is 38.7 Å². The summed E-state index contributed by atoms with van der Waals surface area (Å²) in [5.74, 6) is -0.520. The summed E-state index contributed by atoms with van der Waals surface area (Å²) >= 11 is 11.3. The van der Waals surface area contributed by atoms with Crippen LogP contribution in [0.4, 0.5) is 4.39 Å². The summed E-state index contributed by atoms with van der Waals surface area (Å²) in [6.07, 6.45) is 1.42. The summed E-state index contributed by atoms with van der Waals surface area (Å²) in [5, 5.41) is 0.387. The third kappa shape index (κ3) is 1.40. The maximum Gasteiger partial charge on any atom is 0.224 e. The summed E-state index contributed by atoms with van der Waals surface area (Å²) in [7, 11) is 0. The Kier molecular flexibility index (Phi) is 2.25. The summed E-state index contributed by atoms with van der Waals surface area (Å²) in [5.41, 5.74) is 0.353. The molecule has 3 nitrogen and oxygen atoms in total. The van der Waals surface area contributed by atoms with E-state index < -0.39 is 5.82 Å². The molecule has 2 rings (SSSR count). The molecule has 2 aromatic heterocycles. The average Bonchev–Trinajstić information content (AvgIpc) is 2.12.